The molecule has 0 unspecified atom stereocenters. The molecule has 1 saturated heterocycles. The second kappa shape index (κ2) is 6.14. The fourth-order valence-electron chi connectivity index (χ4n) is 2.25. The lowest BCUT2D eigenvalue weighted by atomic mass is 10.3. The van der Waals surface area contributed by atoms with Crippen molar-refractivity contribution in [2.45, 2.75) is 13.8 Å². The van der Waals surface area contributed by atoms with Crippen LogP contribution in [0.15, 0.2) is 6.07 Å². The minimum Gasteiger partial charge on any atom is -0.368 e. The second-order valence-corrected chi connectivity index (χ2v) is 4.58. The number of piperazine rings is 1. The molecule has 0 amide bonds. The highest BCUT2D eigenvalue weighted by Crippen LogP contribution is 2.23. The van der Waals surface area contributed by atoms with Crippen molar-refractivity contribution in [1.82, 2.24) is 9.88 Å². The molecule has 0 aromatic carbocycles. The van der Waals surface area contributed by atoms with E-state index in [0.29, 0.717) is 6.54 Å². The molecule has 2 rings (SSSR count). The number of likely N-dealkylation sites (N-methyl/N-ethyl adjacent to an activating group) is 1. The maximum absolute atomic E-state index is 13.8. The summed E-state index contributed by atoms with van der Waals surface area (Å²) in [6, 6.07) is 0.909. The topological polar surface area (TPSA) is 31.4 Å². The molecule has 1 aliphatic rings. The van der Waals surface area contributed by atoms with Crippen LogP contribution in [-0.2, 0) is 0 Å². The van der Waals surface area contributed by atoms with E-state index in [9.17, 15) is 8.78 Å². The number of halogens is 2. The zero-order chi connectivity index (χ0) is 13.8. The third-order valence-corrected chi connectivity index (χ3v) is 3.37. The SMILES string of the molecule is CCNc1nc(N2CCN(CC)CC2)c(F)cc1F. The third-order valence-electron chi connectivity index (χ3n) is 3.37. The van der Waals surface area contributed by atoms with Crippen LogP contribution in [0.3, 0.4) is 0 Å². The van der Waals surface area contributed by atoms with E-state index in [4.69, 9.17) is 0 Å². The van der Waals surface area contributed by atoms with Gasteiger partial charge in [-0.3, -0.25) is 0 Å². The van der Waals surface area contributed by atoms with Crippen molar-refractivity contribution >= 4 is 11.6 Å². The first-order valence-electron chi connectivity index (χ1n) is 6.73. The van der Waals surface area contributed by atoms with Crippen molar-refractivity contribution in [2.24, 2.45) is 0 Å². The van der Waals surface area contributed by atoms with Crippen LogP contribution in [0.25, 0.3) is 0 Å². The molecule has 0 atom stereocenters. The Balaban J connectivity index is 2.17. The van der Waals surface area contributed by atoms with Gasteiger partial charge in [0.05, 0.1) is 0 Å². The zero-order valence-electron chi connectivity index (χ0n) is 11.4. The number of nitrogens with one attached hydrogen (secondary N) is 1. The normalized spacial score (nSPS) is 16.7. The molecule has 1 N–H and O–H groups in total. The number of hydrogen-bond donors (Lipinski definition) is 1. The molecule has 4 nitrogen and oxygen atoms in total. The van der Waals surface area contributed by atoms with Gasteiger partial charge in [-0.2, -0.15) is 0 Å². The molecule has 0 aliphatic carbocycles. The van der Waals surface area contributed by atoms with Crippen molar-refractivity contribution in [3.8, 4) is 0 Å². The molecule has 106 valence electrons. The average Bonchev–Trinajstić information content (AvgIpc) is 2.42. The average molecular weight is 270 g/mol. The van der Waals surface area contributed by atoms with Gasteiger partial charge in [0, 0.05) is 38.8 Å². The van der Waals surface area contributed by atoms with Gasteiger partial charge < -0.3 is 15.1 Å². The van der Waals surface area contributed by atoms with Gasteiger partial charge in [-0.15, -0.1) is 0 Å². The predicted octanol–water partition coefficient (Wildman–Crippen LogP) is 1.93. The summed E-state index contributed by atoms with van der Waals surface area (Å²) in [6.07, 6.45) is 0. The van der Waals surface area contributed by atoms with Gasteiger partial charge in [0.1, 0.15) is 0 Å². The molecule has 2 heterocycles. The van der Waals surface area contributed by atoms with E-state index in [2.05, 4.69) is 22.1 Å². The summed E-state index contributed by atoms with van der Waals surface area (Å²) in [5.41, 5.74) is 0. The Hall–Kier alpha value is -1.43. The van der Waals surface area contributed by atoms with Crippen LogP contribution >= 0.6 is 0 Å². The van der Waals surface area contributed by atoms with Crippen LogP contribution < -0.4 is 10.2 Å². The molecular formula is C13H20F2N4. The summed E-state index contributed by atoms with van der Waals surface area (Å²) in [7, 11) is 0. The molecule has 1 fully saturated rings. The number of anilines is 2. The number of rotatable bonds is 4. The largest absolute Gasteiger partial charge is 0.368 e. The second-order valence-electron chi connectivity index (χ2n) is 4.58. The molecule has 1 aromatic rings. The minimum atomic E-state index is -0.643. The quantitative estimate of drug-likeness (QED) is 0.906. The van der Waals surface area contributed by atoms with Crippen LogP contribution in [-0.4, -0.2) is 49.2 Å². The molecule has 0 bridgehead atoms. The van der Waals surface area contributed by atoms with E-state index in [1.54, 1.807) is 0 Å². The fourth-order valence-corrected chi connectivity index (χ4v) is 2.25. The Bertz CT molecular complexity index is 431. The standard InChI is InChI=1S/C13H20F2N4/c1-3-16-12-10(14)9-11(15)13(17-12)19-7-5-18(4-2)6-8-19/h9H,3-8H2,1-2H3,(H,16,17). The maximum atomic E-state index is 13.8. The molecule has 0 radical (unpaired) electrons. The van der Waals surface area contributed by atoms with Crippen molar-refractivity contribution in [2.75, 3.05) is 49.5 Å². The lowest BCUT2D eigenvalue weighted by Crippen LogP contribution is -2.46. The Labute approximate surface area is 112 Å². The summed E-state index contributed by atoms with van der Waals surface area (Å²) in [4.78, 5) is 8.25. The van der Waals surface area contributed by atoms with Gasteiger partial charge in [-0.25, -0.2) is 13.8 Å². The minimum absolute atomic E-state index is 0.122. The van der Waals surface area contributed by atoms with E-state index in [1.807, 2.05) is 11.8 Å². The summed E-state index contributed by atoms with van der Waals surface area (Å²) in [5, 5.41) is 2.81. The van der Waals surface area contributed by atoms with Crippen LogP contribution in [0.4, 0.5) is 20.4 Å². The predicted molar refractivity (Wildman–Crippen MR) is 72.6 cm³/mol. The van der Waals surface area contributed by atoms with E-state index < -0.39 is 11.6 Å². The first-order valence-corrected chi connectivity index (χ1v) is 6.73. The Morgan fingerprint density at radius 3 is 2.42 bits per heavy atom. The van der Waals surface area contributed by atoms with Crippen molar-refractivity contribution < 1.29 is 8.78 Å². The number of aromatic nitrogens is 1. The Morgan fingerprint density at radius 2 is 1.84 bits per heavy atom. The molecule has 19 heavy (non-hydrogen) atoms. The zero-order valence-corrected chi connectivity index (χ0v) is 11.4. The van der Waals surface area contributed by atoms with Crippen molar-refractivity contribution in [1.29, 1.82) is 0 Å². The van der Waals surface area contributed by atoms with Crippen LogP contribution in [0.2, 0.25) is 0 Å². The molecule has 6 heteroatoms. The molecule has 1 aliphatic heterocycles. The van der Waals surface area contributed by atoms with Gasteiger partial charge in [0.15, 0.2) is 23.3 Å². The lowest BCUT2D eigenvalue weighted by Gasteiger charge is -2.35. The summed E-state index contributed by atoms with van der Waals surface area (Å²) < 4.78 is 27.4. The van der Waals surface area contributed by atoms with E-state index in [1.165, 1.54) is 0 Å². The lowest BCUT2D eigenvalue weighted by molar-refractivity contribution is 0.269. The Kier molecular flexibility index (Phi) is 4.52. The number of pyridine rings is 1. The van der Waals surface area contributed by atoms with Crippen molar-refractivity contribution in [3.05, 3.63) is 17.7 Å². The van der Waals surface area contributed by atoms with E-state index >= 15 is 0 Å². The number of nitrogens with zero attached hydrogens (tertiary/aromatic N) is 3. The van der Waals surface area contributed by atoms with Crippen molar-refractivity contribution in [3.63, 3.8) is 0 Å². The number of hydrogen-bond acceptors (Lipinski definition) is 4. The fraction of sp³-hybridized carbons (Fsp3) is 0.615. The third kappa shape index (κ3) is 3.12. The van der Waals surface area contributed by atoms with Gasteiger partial charge in [-0.1, -0.05) is 6.92 Å². The van der Waals surface area contributed by atoms with Crippen LogP contribution in [0.5, 0.6) is 0 Å². The highest BCUT2D eigenvalue weighted by Gasteiger charge is 2.21. The van der Waals surface area contributed by atoms with Crippen LogP contribution in [0, 0.1) is 11.6 Å². The van der Waals surface area contributed by atoms with E-state index in [0.717, 1.165) is 38.8 Å². The van der Waals surface area contributed by atoms with E-state index in [-0.39, 0.29) is 11.6 Å². The first-order chi connectivity index (χ1) is 9.15. The van der Waals surface area contributed by atoms with Crippen LogP contribution in [0.1, 0.15) is 13.8 Å². The smallest absolute Gasteiger partial charge is 0.168 e. The van der Waals surface area contributed by atoms with Gasteiger partial charge in [0.25, 0.3) is 0 Å². The molecule has 0 saturated carbocycles. The van der Waals surface area contributed by atoms with Gasteiger partial charge in [-0.05, 0) is 13.5 Å². The molecular weight excluding hydrogens is 250 g/mol. The van der Waals surface area contributed by atoms with Gasteiger partial charge >= 0.3 is 0 Å². The Morgan fingerprint density at radius 1 is 1.16 bits per heavy atom. The molecule has 1 aromatic heterocycles. The monoisotopic (exact) mass is 270 g/mol. The maximum Gasteiger partial charge on any atom is 0.168 e. The molecule has 0 spiro atoms. The highest BCUT2D eigenvalue weighted by atomic mass is 19.1. The van der Waals surface area contributed by atoms with Gasteiger partial charge in [0.2, 0.25) is 0 Å². The summed E-state index contributed by atoms with van der Waals surface area (Å²) >= 11 is 0. The highest BCUT2D eigenvalue weighted by molar-refractivity contribution is 5.49. The first kappa shape index (κ1) is 14.0. The summed E-state index contributed by atoms with van der Waals surface area (Å²) in [5.74, 6) is -0.871. The summed E-state index contributed by atoms with van der Waals surface area (Å²) in [6.45, 7) is 8.70.